The van der Waals surface area contributed by atoms with Gasteiger partial charge in [0.2, 0.25) is 0 Å². The van der Waals surface area contributed by atoms with Crippen LogP contribution < -0.4 is 16.0 Å². The molecule has 136 valence electrons. The minimum atomic E-state index is -0.0716. The zero-order valence-electron chi connectivity index (χ0n) is 14.8. The van der Waals surface area contributed by atoms with Crippen LogP contribution in [0.25, 0.3) is 0 Å². The van der Waals surface area contributed by atoms with E-state index in [0.29, 0.717) is 24.3 Å². The quantitative estimate of drug-likeness (QED) is 0.818. The molecule has 0 amide bonds. The van der Waals surface area contributed by atoms with Gasteiger partial charge in [-0.3, -0.25) is 9.59 Å². The SMILES string of the molecule is O=c1c(N2CCCC2Cn2nc(C3CC3)ccc2=O)nccn1C1CC1. The molecule has 2 aliphatic carbocycles. The molecule has 0 aromatic carbocycles. The van der Waals surface area contributed by atoms with Gasteiger partial charge in [-0.2, -0.15) is 5.10 Å². The minimum absolute atomic E-state index is 0.00561. The molecule has 7 heteroatoms. The van der Waals surface area contributed by atoms with Gasteiger partial charge < -0.3 is 9.47 Å². The topological polar surface area (TPSA) is 73.0 Å². The Bertz CT molecular complexity index is 941. The van der Waals surface area contributed by atoms with Gasteiger partial charge in [0.05, 0.1) is 18.3 Å². The first-order valence-electron chi connectivity index (χ1n) is 9.62. The molecule has 7 nitrogen and oxygen atoms in total. The summed E-state index contributed by atoms with van der Waals surface area (Å²) in [5.74, 6) is 1.04. The van der Waals surface area contributed by atoms with Crippen LogP contribution in [-0.2, 0) is 6.54 Å². The van der Waals surface area contributed by atoms with Crippen LogP contribution in [0, 0.1) is 0 Å². The molecular formula is C19H23N5O2. The summed E-state index contributed by atoms with van der Waals surface area (Å²) in [6.07, 6.45) is 9.93. The average molecular weight is 353 g/mol. The van der Waals surface area contributed by atoms with E-state index in [9.17, 15) is 9.59 Å². The van der Waals surface area contributed by atoms with Gasteiger partial charge in [-0.1, -0.05) is 0 Å². The molecule has 0 radical (unpaired) electrons. The van der Waals surface area contributed by atoms with E-state index in [-0.39, 0.29) is 17.2 Å². The van der Waals surface area contributed by atoms with E-state index < -0.39 is 0 Å². The molecule has 3 aliphatic rings. The first-order valence-corrected chi connectivity index (χ1v) is 9.62. The molecule has 3 fully saturated rings. The van der Waals surface area contributed by atoms with E-state index in [2.05, 4.69) is 15.0 Å². The van der Waals surface area contributed by atoms with Crippen molar-refractivity contribution in [1.29, 1.82) is 0 Å². The lowest BCUT2D eigenvalue weighted by molar-refractivity contribution is 0.479. The molecule has 0 spiro atoms. The molecule has 5 rings (SSSR count). The van der Waals surface area contributed by atoms with E-state index in [4.69, 9.17) is 0 Å². The van der Waals surface area contributed by atoms with Crippen LogP contribution in [0.2, 0.25) is 0 Å². The molecule has 2 saturated carbocycles. The zero-order valence-corrected chi connectivity index (χ0v) is 14.8. The summed E-state index contributed by atoms with van der Waals surface area (Å²) in [5.41, 5.74) is 0.940. The highest BCUT2D eigenvalue weighted by atomic mass is 16.1. The monoisotopic (exact) mass is 353 g/mol. The van der Waals surface area contributed by atoms with E-state index in [1.54, 1.807) is 23.1 Å². The molecule has 1 unspecified atom stereocenters. The van der Waals surface area contributed by atoms with Crippen molar-refractivity contribution in [3.05, 3.63) is 50.9 Å². The van der Waals surface area contributed by atoms with Gasteiger partial charge in [-0.15, -0.1) is 0 Å². The van der Waals surface area contributed by atoms with E-state index >= 15 is 0 Å². The number of rotatable bonds is 5. The second-order valence-corrected chi connectivity index (χ2v) is 7.74. The second kappa shape index (κ2) is 6.07. The molecule has 26 heavy (non-hydrogen) atoms. The van der Waals surface area contributed by atoms with Gasteiger partial charge in [-0.05, 0) is 44.6 Å². The van der Waals surface area contributed by atoms with Crippen molar-refractivity contribution in [2.45, 2.75) is 63.1 Å². The summed E-state index contributed by atoms with van der Waals surface area (Å²) < 4.78 is 3.40. The summed E-state index contributed by atoms with van der Waals surface area (Å²) in [6.45, 7) is 1.32. The number of hydrogen-bond donors (Lipinski definition) is 0. The van der Waals surface area contributed by atoms with Crippen molar-refractivity contribution in [2.75, 3.05) is 11.4 Å². The predicted octanol–water partition coefficient (Wildman–Crippen LogP) is 1.68. The molecule has 2 aromatic rings. The van der Waals surface area contributed by atoms with Crippen LogP contribution in [0.5, 0.6) is 0 Å². The highest BCUT2D eigenvalue weighted by Crippen LogP contribution is 2.38. The molecule has 2 aromatic heterocycles. The molecule has 3 heterocycles. The molecular weight excluding hydrogens is 330 g/mol. The third kappa shape index (κ3) is 2.85. The Morgan fingerprint density at radius 2 is 1.92 bits per heavy atom. The maximum Gasteiger partial charge on any atom is 0.293 e. The van der Waals surface area contributed by atoms with Crippen molar-refractivity contribution in [2.24, 2.45) is 0 Å². The Morgan fingerprint density at radius 1 is 1.08 bits per heavy atom. The number of anilines is 1. The van der Waals surface area contributed by atoms with Crippen molar-refractivity contribution in [1.82, 2.24) is 19.3 Å². The highest BCUT2D eigenvalue weighted by Gasteiger charge is 2.32. The molecule has 1 saturated heterocycles. The standard InChI is InChI=1S/C19H23N5O2/c25-17-8-7-16(13-3-4-13)21-24(17)12-15-2-1-10-22(15)18-19(26)23(11-9-20-18)14-5-6-14/h7-9,11,13-15H,1-6,10,12H2. The first-order chi connectivity index (χ1) is 12.7. The van der Waals surface area contributed by atoms with Crippen LogP contribution in [-0.4, -0.2) is 31.9 Å². The van der Waals surface area contributed by atoms with Crippen molar-refractivity contribution in [3.63, 3.8) is 0 Å². The van der Waals surface area contributed by atoms with E-state index in [1.807, 2.05) is 10.6 Å². The zero-order chi connectivity index (χ0) is 17.7. The van der Waals surface area contributed by atoms with E-state index in [0.717, 1.165) is 50.8 Å². The van der Waals surface area contributed by atoms with Crippen molar-refractivity contribution >= 4 is 5.82 Å². The molecule has 0 N–H and O–H groups in total. The molecule has 1 aliphatic heterocycles. The fourth-order valence-corrected chi connectivity index (χ4v) is 3.95. The minimum Gasteiger partial charge on any atom is -0.347 e. The maximum absolute atomic E-state index is 12.8. The first kappa shape index (κ1) is 15.8. The van der Waals surface area contributed by atoms with Gasteiger partial charge in [0.15, 0.2) is 5.82 Å². The lowest BCUT2D eigenvalue weighted by Crippen LogP contribution is -2.41. The Labute approximate surface area is 151 Å². The van der Waals surface area contributed by atoms with Crippen molar-refractivity contribution < 1.29 is 0 Å². The third-order valence-corrected chi connectivity index (χ3v) is 5.71. The third-order valence-electron chi connectivity index (χ3n) is 5.71. The summed E-state index contributed by atoms with van der Waals surface area (Å²) in [5, 5.41) is 4.58. The average Bonchev–Trinajstić information content (AvgIpc) is 3.55. The Morgan fingerprint density at radius 3 is 2.69 bits per heavy atom. The lowest BCUT2D eigenvalue weighted by Gasteiger charge is -2.25. The lowest BCUT2D eigenvalue weighted by atomic mass is 10.2. The van der Waals surface area contributed by atoms with Gasteiger partial charge in [0.25, 0.3) is 11.1 Å². The maximum atomic E-state index is 12.8. The summed E-state index contributed by atoms with van der Waals surface area (Å²) in [4.78, 5) is 31.6. The fraction of sp³-hybridized carbons (Fsp3) is 0.579. The normalized spacial score (nSPS) is 22.8. The van der Waals surface area contributed by atoms with Gasteiger partial charge in [0.1, 0.15) is 0 Å². The highest BCUT2D eigenvalue weighted by molar-refractivity contribution is 5.39. The smallest absolute Gasteiger partial charge is 0.293 e. The van der Waals surface area contributed by atoms with Crippen LogP contribution in [0.15, 0.2) is 34.1 Å². The summed E-state index contributed by atoms with van der Waals surface area (Å²) >= 11 is 0. The van der Waals surface area contributed by atoms with Crippen LogP contribution in [0.4, 0.5) is 5.82 Å². The fourth-order valence-electron chi connectivity index (χ4n) is 3.95. The van der Waals surface area contributed by atoms with Gasteiger partial charge >= 0.3 is 0 Å². The van der Waals surface area contributed by atoms with Crippen LogP contribution >= 0.6 is 0 Å². The Kier molecular flexibility index (Phi) is 3.69. The number of aromatic nitrogens is 4. The van der Waals surface area contributed by atoms with Crippen LogP contribution in [0.3, 0.4) is 0 Å². The largest absolute Gasteiger partial charge is 0.347 e. The van der Waals surface area contributed by atoms with Gasteiger partial charge in [-0.25, -0.2) is 9.67 Å². The molecule has 1 atom stereocenters. The van der Waals surface area contributed by atoms with E-state index in [1.165, 1.54) is 0 Å². The summed E-state index contributed by atoms with van der Waals surface area (Å²) in [7, 11) is 0. The number of nitrogens with zero attached hydrogens (tertiary/aromatic N) is 5. The second-order valence-electron chi connectivity index (χ2n) is 7.74. The van der Waals surface area contributed by atoms with Crippen molar-refractivity contribution in [3.8, 4) is 0 Å². The summed E-state index contributed by atoms with van der Waals surface area (Å²) in [6, 6.07) is 3.91. The molecule has 0 bridgehead atoms. The van der Waals surface area contributed by atoms with Crippen LogP contribution in [0.1, 0.15) is 56.2 Å². The Hall–Kier alpha value is -2.44. The Balaban J connectivity index is 1.43. The predicted molar refractivity (Wildman–Crippen MR) is 97.6 cm³/mol. The van der Waals surface area contributed by atoms with Gasteiger partial charge in [0, 0.05) is 37.0 Å². The number of hydrogen-bond acceptors (Lipinski definition) is 5.